The molecule has 5 heteroatoms. The van der Waals surface area contributed by atoms with Crippen LogP contribution in [0.25, 0.3) is 0 Å². The van der Waals surface area contributed by atoms with Crippen LogP contribution in [0.5, 0.6) is 0 Å². The van der Waals surface area contributed by atoms with Crippen molar-refractivity contribution < 1.29 is 4.74 Å². The summed E-state index contributed by atoms with van der Waals surface area (Å²) >= 11 is 0. The highest BCUT2D eigenvalue weighted by Gasteiger charge is 2.04. The third-order valence-electron chi connectivity index (χ3n) is 2.43. The van der Waals surface area contributed by atoms with Crippen molar-refractivity contribution in [3.8, 4) is 0 Å². The molecule has 0 aliphatic rings. The first-order valence-corrected chi connectivity index (χ1v) is 5.43. The minimum absolute atomic E-state index is 0.739. The molecule has 0 spiro atoms. The van der Waals surface area contributed by atoms with Gasteiger partial charge in [0.1, 0.15) is 0 Å². The number of aromatic nitrogens is 1. The molecule has 0 bridgehead atoms. The zero-order valence-corrected chi connectivity index (χ0v) is 9.94. The van der Waals surface area contributed by atoms with E-state index >= 15 is 0 Å². The molecule has 16 heavy (non-hydrogen) atoms. The summed E-state index contributed by atoms with van der Waals surface area (Å²) in [6.45, 7) is 5.57. The number of nitrogens with two attached hydrogens (primary N) is 1. The topological polar surface area (TPSA) is 63.4 Å². The lowest BCUT2D eigenvalue weighted by atomic mass is 10.3. The van der Waals surface area contributed by atoms with E-state index in [0.29, 0.717) is 0 Å². The maximum atomic E-state index is 5.35. The van der Waals surface area contributed by atoms with Crippen LogP contribution < -0.4 is 11.3 Å². The SMILES string of the molecule is CCN(CCOC)Cc1cc(NN)ccn1. The van der Waals surface area contributed by atoms with E-state index in [2.05, 4.69) is 22.2 Å². The molecular weight excluding hydrogens is 204 g/mol. The van der Waals surface area contributed by atoms with Crippen molar-refractivity contribution in [3.05, 3.63) is 24.0 Å². The van der Waals surface area contributed by atoms with Gasteiger partial charge in [0.15, 0.2) is 0 Å². The van der Waals surface area contributed by atoms with E-state index in [1.165, 1.54) is 0 Å². The summed E-state index contributed by atoms with van der Waals surface area (Å²) in [6.07, 6.45) is 1.76. The monoisotopic (exact) mass is 224 g/mol. The molecule has 0 atom stereocenters. The molecule has 0 aliphatic heterocycles. The average molecular weight is 224 g/mol. The van der Waals surface area contributed by atoms with Gasteiger partial charge in [0.25, 0.3) is 0 Å². The number of rotatable bonds is 7. The lowest BCUT2D eigenvalue weighted by molar-refractivity contribution is 0.147. The minimum Gasteiger partial charge on any atom is -0.383 e. The highest BCUT2D eigenvalue weighted by Crippen LogP contribution is 2.08. The number of hydrogen-bond acceptors (Lipinski definition) is 5. The number of nitrogen functional groups attached to an aromatic ring is 1. The Kier molecular flexibility index (Phi) is 5.77. The number of nitrogens with one attached hydrogen (secondary N) is 1. The Morgan fingerprint density at radius 2 is 2.38 bits per heavy atom. The van der Waals surface area contributed by atoms with Crippen LogP contribution >= 0.6 is 0 Å². The Labute approximate surface area is 96.6 Å². The first-order valence-electron chi connectivity index (χ1n) is 5.43. The van der Waals surface area contributed by atoms with E-state index in [9.17, 15) is 0 Å². The lowest BCUT2D eigenvalue weighted by Gasteiger charge is -2.19. The van der Waals surface area contributed by atoms with E-state index in [4.69, 9.17) is 10.6 Å². The van der Waals surface area contributed by atoms with Gasteiger partial charge in [-0.1, -0.05) is 6.92 Å². The van der Waals surface area contributed by atoms with Gasteiger partial charge in [-0.2, -0.15) is 0 Å². The molecule has 0 saturated carbocycles. The second-order valence-corrected chi connectivity index (χ2v) is 3.54. The number of hydrogen-bond donors (Lipinski definition) is 2. The van der Waals surface area contributed by atoms with Gasteiger partial charge in [-0.25, -0.2) is 0 Å². The standard InChI is InChI=1S/C11H20N4O/c1-3-15(6-7-16-2)9-11-8-10(14-12)4-5-13-11/h4-5,8H,3,6-7,9,12H2,1-2H3,(H,13,14). The average Bonchev–Trinajstić information content (AvgIpc) is 2.34. The summed E-state index contributed by atoms with van der Waals surface area (Å²) in [5.74, 6) is 5.35. The summed E-state index contributed by atoms with van der Waals surface area (Å²) in [5, 5.41) is 0. The quantitative estimate of drug-likeness (QED) is 0.530. The molecule has 5 nitrogen and oxygen atoms in total. The Morgan fingerprint density at radius 1 is 1.56 bits per heavy atom. The normalized spacial score (nSPS) is 10.8. The van der Waals surface area contributed by atoms with E-state index < -0.39 is 0 Å². The molecule has 0 radical (unpaired) electrons. The smallest absolute Gasteiger partial charge is 0.0589 e. The van der Waals surface area contributed by atoms with Gasteiger partial charge in [0.05, 0.1) is 18.0 Å². The third kappa shape index (κ3) is 4.14. The number of anilines is 1. The molecule has 1 aromatic rings. The summed E-state index contributed by atoms with van der Waals surface area (Å²) in [4.78, 5) is 6.58. The van der Waals surface area contributed by atoms with Gasteiger partial charge in [0.2, 0.25) is 0 Å². The van der Waals surface area contributed by atoms with Crippen molar-refractivity contribution in [2.45, 2.75) is 13.5 Å². The minimum atomic E-state index is 0.739. The van der Waals surface area contributed by atoms with Crippen LogP contribution in [0, 0.1) is 0 Å². The number of hydrazine groups is 1. The number of nitrogens with zero attached hydrogens (tertiary/aromatic N) is 2. The molecule has 1 heterocycles. The Hall–Kier alpha value is -1.17. The second kappa shape index (κ2) is 7.16. The molecule has 1 rings (SSSR count). The Morgan fingerprint density at radius 3 is 3.00 bits per heavy atom. The first kappa shape index (κ1) is 12.9. The molecule has 0 aromatic carbocycles. The maximum Gasteiger partial charge on any atom is 0.0589 e. The van der Waals surface area contributed by atoms with Crippen LogP contribution in [0.15, 0.2) is 18.3 Å². The zero-order valence-electron chi connectivity index (χ0n) is 9.94. The van der Waals surface area contributed by atoms with Crippen LogP contribution in [0.4, 0.5) is 5.69 Å². The predicted octanol–water partition coefficient (Wildman–Crippen LogP) is 0.835. The number of likely N-dealkylation sites (N-methyl/N-ethyl adjacent to an activating group) is 1. The number of pyridine rings is 1. The van der Waals surface area contributed by atoms with Crippen molar-refractivity contribution in [1.82, 2.24) is 9.88 Å². The predicted molar refractivity (Wildman–Crippen MR) is 64.9 cm³/mol. The lowest BCUT2D eigenvalue weighted by Crippen LogP contribution is -2.27. The van der Waals surface area contributed by atoms with Gasteiger partial charge in [-0.15, -0.1) is 0 Å². The molecule has 0 unspecified atom stereocenters. The van der Waals surface area contributed by atoms with E-state index in [1.807, 2.05) is 12.1 Å². The highest BCUT2D eigenvalue weighted by molar-refractivity contribution is 5.41. The van der Waals surface area contributed by atoms with Crippen molar-refractivity contribution >= 4 is 5.69 Å². The fourth-order valence-electron chi connectivity index (χ4n) is 1.45. The molecule has 0 aliphatic carbocycles. The zero-order chi connectivity index (χ0) is 11.8. The van der Waals surface area contributed by atoms with Crippen molar-refractivity contribution in [1.29, 1.82) is 0 Å². The molecular formula is C11H20N4O. The van der Waals surface area contributed by atoms with Gasteiger partial charge in [-0.3, -0.25) is 15.7 Å². The second-order valence-electron chi connectivity index (χ2n) is 3.54. The summed E-state index contributed by atoms with van der Waals surface area (Å²) in [7, 11) is 1.71. The molecule has 3 N–H and O–H groups in total. The van der Waals surface area contributed by atoms with Crippen LogP contribution in [0.3, 0.4) is 0 Å². The molecule has 0 amide bonds. The number of ether oxygens (including phenoxy) is 1. The molecule has 1 aromatic heterocycles. The largest absolute Gasteiger partial charge is 0.383 e. The Bertz CT molecular complexity index is 306. The molecule has 0 saturated heterocycles. The summed E-state index contributed by atoms with van der Waals surface area (Å²) in [5.41, 5.74) is 4.51. The highest BCUT2D eigenvalue weighted by atomic mass is 16.5. The third-order valence-corrected chi connectivity index (χ3v) is 2.43. The van der Waals surface area contributed by atoms with Crippen molar-refractivity contribution in [2.75, 3.05) is 32.2 Å². The van der Waals surface area contributed by atoms with Crippen molar-refractivity contribution in [2.24, 2.45) is 5.84 Å². The van der Waals surface area contributed by atoms with Gasteiger partial charge in [0, 0.05) is 26.4 Å². The Balaban J connectivity index is 2.55. The van der Waals surface area contributed by atoms with Crippen LogP contribution in [-0.4, -0.2) is 36.7 Å². The van der Waals surface area contributed by atoms with E-state index in [1.54, 1.807) is 13.3 Å². The number of methoxy groups -OCH3 is 1. The summed E-state index contributed by atoms with van der Waals surface area (Å²) in [6, 6.07) is 3.80. The fourth-order valence-corrected chi connectivity index (χ4v) is 1.45. The molecule has 0 fully saturated rings. The van der Waals surface area contributed by atoms with E-state index in [0.717, 1.165) is 37.6 Å². The van der Waals surface area contributed by atoms with E-state index in [-0.39, 0.29) is 0 Å². The molecule has 90 valence electrons. The van der Waals surface area contributed by atoms with Crippen LogP contribution in [0.1, 0.15) is 12.6 Å². The maximum absolute atomic E-state index is 5.35. The summed E-state index contributed by atoms with van der Waals surface area (Å²) < 4.78 is 5.06. The van der Waals surface area contributed by atoms with Crippen molar-refractivity contribution in [3.63, 3.8) is 0 Å². The van der Waals surface area contributed by atoms with Crippen LogP contribution in [0.2, 0.25) is 0 Å². The fraction of sp³-hybridized carbons (Fsp3) is 0.545. The first-order chi connectivity index (χ1) is 7.80. The van der Waals surface area contributed by atoms with Gasteiger partial charge < -0.3 is 10.2 Å². The van der Waals surface area contributed by atoms with Crippen LogP contribution in [-0.2, 0) is 11.3 Å². The van der Waals surface area contributed by atoms with Gasteiger partial charge >= 0.3 is 0 Å². The van der Waals surface area contributed by atoms with Gasteiger partial charge in [-0.05, 0) is 18.7 Å².